The molecular weight excluding hydrogens is 554 g/mol. The van der Waals surface area contributed by atoms with Crippen LogP contribution in [0.1, 0.15) is 30.9 Å². The van der Waals surface area contributed by atoms with Crippen molar-refractivity contribution in [3.05, 3.63) is 71.8 Å². The predicted octanol–water partition coefficient (Wildman–Crippen LogP) is 2.85. The van der Waals surface area contributed by atoms with Crippen LogP contribution in [0.2, 0.25) is 0 Å². The monoisotopic (exact) mass is 585 g/mol. The van der Waals surface area contributed by atoms with E-state index in [4.69, 9.17) is 0 Å². The smallest absolute Gasteiger partial charge is 0.244 e. The molecule has 0 saturated carbocycles. The van der Waals surface area contributed by atoms with Crippen molar-refractivity contribution in [3.63, 3.8) is 0 Å². The third-order valence-electron chi connectivity index (χ3n) is 7.97. The fourth-order valence-corrected chi connectivity index (χ4v) is 9.86. The first-order valence-electron chi connectivity index (χ1n) is 12.8. The quantitative estimate of drug-likeness (QED) is 0.393. The van der Waals surface area contributed by atoms with Crippen molar-refractivity contribution in [2.24, 2.45) is 11.8 Å². The highest BCUT2D eigenvalue weighted by atomic mass is 79.9. The normalized spacial score (nSPS) is 30.7. The molecule has 0 aliphatic carbocycles. The van der Waals surface area contributed by atoms with Gasteiger partial charge in [0.25, 0.3) is 0 Å². The van der Waals surface area contributed by atoms with E-state index in [0.29, 0.717) is 25.9 Å². The summed E-state index contributed by atoms with van der Waals surface area (Å²) in [5.74, 6) is -1.75. The van der Waals surface area contributed by atoms with Gasteiger partial charge >= 0.3 is 0 Å². The molecule has 1 spiro atoms. The minimum absolute atomic E-state index is 0.00704. The molecule has 0 radical (unpaired) electrons. The van der Waals surface area contributed by atoms with Crippen LogP contribution in [0.25, 0.3) is 0 Å². The second-order valence-corrected chi connectivity index (χ2v) is 12.8. The van der Waals surface area contributed by atoms with Gasteiger partial charge in [-0.15, -0.1) is 11.8 Å². The van der Waals surface area contributed by atoms with Crippen molar-refractivity contribution in [2.75, 3.05) is 6.61 Å². The number of rotatable bonds is 9. The van der Waals surface area contributed by atoms with Gasteiger partial charge in [0.2, 0.25) is 17.7 Å². The molecule has 3 N–H and O–H groups in total. The van der Waals surface area contributed by atoms with E-state index >= 15 is 0 Å². The Bertz CT molecular complexity index is 1150. The zero-order chi connectivity index (χ0) is 26.2. The number of halogens is 1. The Morgan fingerprint density at radius 1 is 1.05 bits per heavy atom. The minimum Gasteiger partial charge on any atom is -0.394 e. The summed E-state index contributed by atoms with van der Waals surface area (Å²) < 4.78 is -0.728. The van der Waals surface area contributed by atoms with Gasteiger partial charge in [-0.3, -0.25) is 14.4 Å². The lowest BCUT2D eigenvalue weighted by Crippen LogP contribution is -2.56. The lowest BCUT2D eigenvalue weighted by Gasteiger charge is -2.37. The number of carbonyl (C=O) groups is 3. The molecule has 2 aromatic carbocycles. The number of aliphatic hydroxyl groups is 1. The van der Waals surface area contributed by atoms with Crippen LogP contribution < -0.4 is 10.6 Å². The number of hydrogen-bond acceptors (Lipinski definition) is 5. The third kappa shape index (κ3) is 4.59. The van der Waals surface area contributed by atoms with E-state index < -0.39 is 28.7 Å². The van der Waals surface area contributed by atoms with Gasteiger partial charge < -0.3 is 20.6 Å². The van der Waals surface area contributed by atoms with Crippen molar-refractivity contribution in [3.8, 4) is 0 Å². The fraction of sp³-hybridized carbons (Fsp3) is 0.464. The van der Waals surface area contributed by atoms with Crippen LogP contribution in [0.3, 0.4) is 0 Å². The second kappa shape index (κ2) is 10.8. The summed E-state index contributed by atoms with van der Waals surface area (Å²) in [5, 5.41) is 16.1. The lowest BCUT2D eigenvalue weighted by molar-refractivity contribution is -0.142. The number of amides is 3. The minimum atomic E-state index is -0.757. The summed E-state index contributed by atoms with van der Waals surface area (Å²) >= 11 is 5.39. The van der Waals surface area contributed by atoms with Crippen LogP contribution in [0.4, 0.5) is 0 Å². The number of thioether (sulfide) groups is 1. The van der Waals surface area contributed by atoms with Gasteiger partial charge in [0.15, 0.2) is 0 Å². The standard InChI is InChI=1S/C28H32BrN3O4S/c1-2-19(16-33)32-24(26(35)31-15-18-11-7-4-8-12-18)28-13-20(29)23(37-28)21(22(28)27(32)36)25(34)30-14-17-9-5-3-6-10-17/h3-12,19-24,33H,2,13-16H2,1H3,(H,30,34)(H,31,35)/t19-,20?,21-,22-,23-,24?,28?/m0/s1. The van der Waals surface area contributed by atoms with Crippen LogP contribution >= 0.6 is 27.7 Å². The molecule has 3 saturated heterocycles. The number of nitrogens with one attached hydrogen (secondary N) is 2. The van der Waals surface area contributed by atoms with E-state index in [1.54, 1.807) is 16.7 Å². The molecule has 196 valence electrons. The predicted molar refractivity (Wildman–Crippen MR) is 147 cm³/mol. The molecule has 7 nitrogen and oxygen atoms in total. The van der Waals surface area contributed by atoms with Crippen LogP contribution in [-0.4, -0.2) is 61.2 Å². The van der Waals surface area contributed by atoms with Gasteiger partial charge in [-0.2, -0.15) is 0 Å². The summed E-state index contributed by atoms with van der Waals surface area (Å²) in [7, 11) is 0. The summed E-state index contributed by atoms with van der Waals surface area (Å²) in [6, 6.07) is 18.1. The molecule has 3 unspecified atom stereocenters. The zero-order valence-electron chi connectivity index (χ0n) is 20.7. The van der Waals surface area contributed by atoms with E-state index in [2.05, 4.69) is 26.6 Å². The highest BCUT2D eigenvalue weighted by Gasteiger charge is 2.76. The number of benzene rings is 2. The van der Waals surface area contributed by atoms with Gasteiger partial charge in [0, 0.05) is 23.2 Å². The number of alkyl halides is 1. The highest BCUT2D eigenvalue weighted by Crippen LogP contribution is 2.68. The van der Waals surface area contributed by atoms with Gasteiger partial charge in [-0.25, -0.2) is 0 Å². The van der Waals surface area contributed by atoms with E-state index in [1.165, 1.54) is 0 Å². The number of hydrogen-bond donors (Lipinski definition) is 3. The van der Waals surface area contributed by atoms with Gasteiger partial charge in [-0.05, 0) is 24.0 Å². The van der Waals surface area contributed by atoms with Crippen molar-refractivity contribution in [1.29, 1.82) is 0 Å². The molecule has 3 aliphatic heterocycles. The van der Waals surface area contributed by atoms with E-state index in [9.17, 15) is 19.5 Å². The second-order valence-electron chi connectivity index (χ2n) is 10.1. The lowest BCUT2D eigenvalue weighted by atomic mass is 9.70. The Hall–Kier alpha value is -2.36. The Kier molecular flexibility index (Phi) is 7.65. The Morgan fingerprint density at radius 3 is 2.16 bits per heavy atom. The number of aliphatic hydroxyl groups excluding tert-OH is 1. The summed E-state index contributed by atoms with van der Waals surface area (Å²) in [6.07, 6.45) is 1.13. The molecule has 5 rings (SSSR count). The van der Waals surface area contributed by atoms with Gasteiger partial charge in [-0.1, -0.05) is 83.5 Å². The largest absolute Gasteiger partial charge is 0.394 e. The maximum Gasteiger partial charge on any atom is 0.244 e. The van der Waals surface area contributed by atoms with Gasteiger partial charge in [0.1, 0.15) is 6.04 Å². The molecule has 2 aromatic rings. The van der Waals surface area contributed by atoms with Crippen molar-refractivity contribution >= 4 is 45.4 Å². The van der Waals surface area contributed by atoms with Crippen LogP contribution in [0.5, 0.6) is 0 Å². The molecule has 2 bridgehead atoms. The Morgan fingerprint density at radius 2 is 1.62 bits per heavy atom. The van der Waals surface area contributed by atoms with Crippen LogP contribution in [0, 0.1) is 11.8 Å². The third-order valence-corrected chi connectivity index (χ3v) is 11.2. The van der Waals surface area contributed by atoms with Crippen LogP contribution in [-0.2, 0) is 27.5 Å². The molecular formula is C28H32BrN3O4S. The molecule has 3 fully saturated rings. The number of nitrogens with zero attached hydrogens (tertiary/aromatic N) is 1. The van der Waals surface area contributed by atoms with Crippen LogP contribution in [0.15, 0.2) is 60.7 Å². The highest BCUT2D eigenvalue weighted by molar-refractivity contribution is 9.09. The van der Waals surface area contributed by atoms with Crippen molar-refractivity contribution in [2.45, 2.75) is 59.8 Å². The first kappa shape index (κ1) is 26.3. The molecule has 7 atom stereocenters. The maximum absolute atomic E-state index is 14.0. The number of carbonyl (C=O) groups excluding carboxylic acids is 3. The van der Waals surface area contributed by atoms with Crippen molar-refractivity contribution in [1.82, 2.24) is 15.5 Å². The zero-order valence-corrected chi connectivity index (χ0v) is 23.1. The molecule has 9 heteroatoms. The van der Waals surface area contributed by atoms with Crippen molar-refractivity contribution < 1.29 is 19.5 Å². The average molecular weight is 587 g/mol. The molecule has 3 heterocycles. The number of fused-ring (bicyclic) bond motifs is 1. The summed E-state index contributed by atoms with van der Waals surface area (Å²) in [6.45, 7) is 2.40. The Balaban J connectivity index is 1.44. The SMILES string of the molecule is CC[C@@H](CO)N1C(=O)[C@@H]2[C@H](C(=O)NCc3ccccc3)[C@H]3SC2(CC3Br)C1C(=O)NCc1ccccc1. The van der Waals surface area contributed by atoms with E-state index in [1.807, 2.05) is 67.6 Å². The van der Waals surface area contributed by atoms with E-state index in [0.717, 1.165) is 11.1 Å². The Labute approximate surface area is 229 Å². The molecule has 3 aliphatic rings. The number of likely N-dealkylation sites (tertiary alicyclic amines) is 1. The van der Waals surface area contributed by atoms with E-state index in [-0.39, 0.29) is 34.4 Å². The summed E-state index contributed by atoms with van der Waals surface area (Å²) in [4.78, 5) is 43.0. The summed E-state index contributed by atoms with van der Waals surface area (Å²) in [5.41, 5.74) is 1.95. The maximum atomic E-state index is 14.0. The fourth-order valence-electron chi connectivity index (χ4n) is 6.26. The van der Waals surface area contributed by atoms with Gasteiger partial charge in [0.05, 0.1) is 29.2 Å². The topological polar surface area (TPSA) is 98.7 Å². The average Bonchev–Trinajstić information content (AvgIpc) is 3.51. The molecule has 3 amide bonds. The molecule has 37 heavy (non-hydrogen) atoms. The molecule has 0 aromatic heterocycles. The first-order chi connectivity index (χ1) is 17.9. The first-order valence-corrected chi connectivity index (χ1v) is 14.6.